The van der Waals surface area contributed by atoms with Crippen LogP contribution in [0.3, 0.4) is 0 Å². The van der Waals surface area contributed by atoms with Gasteiger partial charge in [0.15, 0.2) is 19.9 Å². The lowest BCUT2D eigenvalue weighted by atomic mass is 9.54. The van der Waals surface area contributed by atoms with Crippen LogP contribution >= 0.6 is 0 Å². The highest BCUT2D eigenvalue weighted by atomic mass is 28.4. The molecule has 0 N–H and O–H groups in total. The highest BCUT2D eigenvalue weighted by molar-refractivity contribution is 6.69. The Morgan fingerprint density at radius 1 is 1.14 bits per heavy atom. The van der Waals surface area contributed by atoms with Gasteiger partial charge < -0.3 is 13.9 Å². The maximum Gasteiger partial charge on any atom is 0.184 e. The van der Waals surface area contributed by atoms with E-state index in [2.05, 4.69) is 52.6 Å². The maximum absolute atomic E-state index is 14.0. The summed E-state index contributed by atoms with van der Waals surface area (Å²) in [6.45, 7) is 14.7. The number of ketones is 1. The van der Waals surface area contributed by atoms with E-state index in [-0.39, 0.29) is 11.3 Å². The highest BCUT2D eigenvalue weighted by Gasteiger charge is 2.67. The van der Waals surface area contributed by atoms with Gasteiger partial charge in [-0.25, -0.2) is 0 Å². The first-order valence-corrected chi connectivity index (χ1v) is 14.6. The van der Waals surface area contributed by atoms with Crippen molar-refractivity contribution in [3.8, 4) is 0 Å². The molecule has 3 fully saturated rings. The molecule has 4 nitrogen and oxygen atoms in total. The van der Waals surface area contributed by atoms with Crippen LogP contribution in [0.4, 0.5) is 0 Å². The van der Waals surface area contributed by atoms with Gasteiger partial charge in [-0.1, -0.05) is 32.9 Å². The third-order valence-corrected chi connectivity index (χ3v) is 8.82. The molecule has 0 aromatic heterocycles. The first-order chi connectivity index (χ1) is 13.1. The van der Waals surface area contributed by atoms with Crippen molar-refractivity contribution in [1.29, 1.82) is 0 Å². The van der Waals surface area contributed by atoms with Gasteiger partial charge >= 0.3 is 0 Å². The van der Waals surface area contributed by atoms with Crippen molar-refractivity contribution < 1.29 is 18.7 Å². The number of rotatable bonds is 3. The fourth-order valence-electron chi connectivity index (χ4n) is 6.82. The summed E-state index contributed by atoms with van der Waals surface area (Å²) in [5.74, 6) is 1.55. The van der Waals surface area contributed by atoms with Gasteiger partial charge in [0.05, 0.1) is 13.2 Å². The molecular formula is C23H38O4Si. The molecule has 6 atom stereocenters. The van der Waals surface area contributed by atoms with E-state index in [0.717, 1.165) is 25.7 Å². The monoisotopic (exact) mass is 406 g/mol. The summed E-state index contributed by atoms with van der Waals surface area (Å²) in [5, 5.41) is 0. The van der Waals surface area contributed by atoms with Crippen molar-refractivity contribution in [3.63, 3.8) is 0 Å². The molecule has 0 amide bonds. The molecule has 1 heterocycles. The topological polar surface area (TPSA) is 44.8 Å². The Kier molecular flexibility index (Phi) is 5.22. The second-order valence-electron chi connectivity index (χ2n) is 11.0. The maximum atomic E-state index is 14.0. The van der Waals surface area contributed by atoms with E-state index in [9.17, 15) is 4.79 Å². The molecule has 1 aliphatic heterocycles. The molecule has 0 aromatic rings. The normalized spacial score (nSPS) is 42.7. The van der Waals surface area contributed by atoms with Crippen LogP contribution in [0.5, 0.6) is 0 Å². The molecule has 2 saturated carbocycles. The Morgan fingerprint density at radius 2 is 1.82 bits per heavy atom. The van der Waals surface area contributed by atoms with Gasteiger partial charge in [0.1, 0.15) is 6.10 Å². The first-order valence-electron chi connectivity index (χ1n) is 11.2. The van der Waals surface area contributed by atoms with Crippen LogP contribution in [0.2, 0.25) is 19.6 Å². The van der Waals surface area contributed by atoms with E-state index in [0.29, 0.717) is 42.7 Å². The van der Waals surface area contributed by atoms with Crippen molar-refractivity contribution in [2.75, 3.05) is 13.2 Å². The molecule has 0 aromatic carbocycles. The quantitative estimate of drug-likeness (QED) is 0.499. The molecule has 0 radical (unpaired) electrons. The predicted octanol–water partition coefficient (Wildman–Crippen LogP) is 4.80. The first kappa shape index (κ1) is 20.8. The predicted molar refractivity (Wildman–Crippen MR) is 112 cm³/mol. The summed E-state index contributed by atoms with van der Waals surface area (Å²) in [6.07, 6.45) is 8.00. The van der Waals surface area contributed by atoms with Crippen LogP contribution in [0.1, 0.15) is 46.5 Å². The van der Waals surface area contributed by atoms with Crippen molar-refractivity contribution in [2.24, 2.45) is 35.0 Å². The fraction of sp³-hybridized carbons (Fsp3) is 0.870. The van der Waals surface area contributed by atoms with E-state index in [1.807, 2.05) is 0 Å². The van der Waals surface area contributed by atoms with Crippen LogP contribution < -0.4 is 0 Å². The van der Waals surface area contributed by atoms with Crippen LogP contribution in [-0.4, -0.2) is 39.2 Å². The summed E-state index contributed by atoms with van der Waals surface area (Å²) in [6, 6.07) is 0. The SMILES string of the molecule is CC(C)[C@H]1CC[C@]2(C)C(=O)[C@@H](O[Si](C)(C)C)[C@H]3[C@H](CC=CCC34OCCO4)[C@H]12. The van der Waals surface area contributed by atoms with Crippen molar-refractivity contribution in [2.45, 2.75) is 78.0 Å². The van der Waals surface area contributed by atoms with E-state index >= 15 is 0 Å². The minimum absolute atomic E-state index is 0.0124. The lowest BCUT2D eigenvalue weighted by Gasteiger charge is -2.55. The molecule has 1 saturated heterocycles. The van der Waals surface area contributed by atoms with Gasteiger partial charge in [-0.3, -0.25) is 4.79 Å². The minimum Gasteiger partial charge on any atom is -0.407 e. The standard InChI is InChI=1S/C23H38O4Si/c1-15(2)16-10-12-22(3)18(16)17-9-7-8-11-23(25-13-14-26-23)19(17)20(21(22)24)27-28(4,5)6/h7-8,15-20H,9-14H2,1-6H3/t16-,17-,18+,19-,20+,22+/m1/s1. The number of carbonyl (C=O) groups is 1. The van der Waals surface area contributed by atoms with E-state index in [1.165, 1.54) is 0 Å². The van der Waals surface area contributed by atoms with Crippen LogP contribution in [0.15, 0.2) is 12.2 Å². The van der Waals surface area contributed by atoms with Crippen LogP contribution in [0.25, 0.3) is 0 Å². The molecule has 4 aliphatic rings. The number of hydrogen-bond donors (Lipinski definition) is 0. The number of allylic oxidation sites excluding steroid dienone is 1. The highest BCUT2D eigenvalue weighted by Crippen LogP contribution is 2.63. The Labute approximate surface area is 171 Å². The van der Waals surface area contributed by atoms with E-state index in [1.54, 1.807) is 0 Å². The Balaban J connectivity index is 1.84. The van der Waals surface area contributed by atoms with Crippen molar-refractivity contribution in [3.05, 3.63) is 12.2 Å². The second-order valence-corrected chi connectivity index (χ2v) is 15.5. The van der Waals surface area contributed by atoms with E-state index < -0.39 is 20.2 Å². The lowest BCUT2D eigenvalue weighted by molar-refractivity contribution is -0.242. The number of Topliss-reactive ketones (excluding diaryl/α,β-unsaturated/α-hetero) is 1. The molecule has 5 heteroatoms. The summed E-state index contributed by atoms with van der Waals surface area (Å²) >= 11 is 0. The molecule has 1 spiro atoms. The summed E-state index contributed by atoms with van der Waals surface area (Å²) < 4.78 is 19.3. The Hall–Kier alpha value is -0.493. The molecule has 28 heavy (non-hydrogen) atoms. The Morgan fingerprint density at radius 3 is 2.43 bits per heavy atom. The summed E-state index contributed by atoms with van der Waals surface area (Å²) in [4.78, 5) is 14.0. The summed E-state index contributed by atoms with van der Waals surface area (Å²) in [5.41, 5.74) is -0.279. The number of hydrogen-bond acceptors (Lipinski definition) is 4. The minimum atomic E-state index is -1.91. The number of fused-ring (bicyclic) bond motifs is 4. The zero-order valence-corrected chi connectivity index (χ0v) is 19.5. The third kappa shape index (κ3) is 3.17. The molecule has 0 unspecified atom stereocenters. The summed E-state index contributed by atoms with van der Waals surface area (Å²) in [7, 11) is -1.91. The second kappa shape index (κ2) is 7.04. The zero-order valence-electron chi connectivity index (χ0n) is 18.5. The van der Waals surface area contributed by atoms with Gasteiger partial charge in [0, 0.05) is 17.8 Å². The molecular weight excluding hydrogens is 368 g/mol. The molecule has 0 bridgehead atoms. The number of carbonyl (C=O) groups excluding carboxylic acids is 1. The average Bonchev–Trinajstić information content (AvgIpc) is 3.15. The van der Waals surface area contributed by atoms with Gasteiger partial charge in [0.25, 0.3) is 0 Å². The van der Waals surface area contributed by atoms with Crippen molar-refractivity contribution >= 4 is 14.1 Å². The van der Waals surface area contributed by atoms with E-state index in [4.69, 9.17) is 13.9 Å². The van der Waals surface area contributed by atoms with Gasteiger partial charge in [-0.2, -0.15) is 0 Å². The van der Waals surface area contributed by atoms with Crippen LogP contribution in [0, 0.1) is 35.0 Å². The van der Waals surface area contributed by atoms with Gasteiger partial charge in [-0.05, 0) is 62.6 Å². The smallest absolute Gasteiger partial charge is 0.184 e. The van der Waals surface area contributed by atoms with Gasteiger partial charge in [0.2, 0.25) is 0 Å². The molecule has 4 rings (SSSR count). The van der Waals surface area contributed by atoms with Crippen molar-refractivity contribution in [1.82, 2.24) is 0 Å². The lowest BCUT2D eigenvalue weighted by Crippen LogP contribution is -2.64. The third-order valence-electron chi connectivity index (χ3n) is 7.86. The average molecular weight is 407 g/mol. The fourth-order valence-corrected chi connectivity index (χ4v) is 7.84. The molecule has 3 aliphatic carbocycles. The van der Waals surface area contributed by atoms with Crippen LogP contribution in [-0.2, 0) is 18.7 Å². The van der Waals surface area contributed by atoms with Gasteiger partial charge in [-0.15, -0.1) is 0 Å². The number of ether oxygens (including phenoxy) is 2. The Bertz CT molecular complexity index is 645. The molecule has 158 valence electrons. The largest absolute Gasteiger partial charge is 0.407 e. The zero-order chi connectivity index (χ0) is 20.3.